The Morgan fingerprint density at radius 3 is 2.73 bits per heavy atom. The Morgan fingerprint density at radius 1 is 1.19 bits per heavy atom. The molecule has 0 amide bonds. The molecule has 1 aliphatic rings. The van der Waals surface area contributed by atoms with Gasteiger partial charge in [0.1, 0.15) is 17.3 Å². The minimum absolute atomic E-state index is 0.0413. The van der Waals surface area contributed by atoms with Gasteiger partial charge in [-0.2, -0.15) is 0 Å². The van der Waals surface area contributed by atoms with Crippen molar-refractivity contribution >= 4 is 49.0 Å². The number of rotatable bonds is 3. The molecule has 0 aliphatic heterocycles. The molecule has 7 nitrogen and oxygen atoms in total. The lowest BCUT2D eigenvalue weighted by Crippen LogP contribution is -2.23. The first-order chi connectivity index (χ1) is 12.3. The van der Waals surface area contributed by atoms with Crippen LogP contribution in [0.1, 0.15) is 30.9 Å². The lowest BCUT2D eigenvalue weighted by Gasteiger charge is -2.18. The zero-order valence-electron chi connectivity index (χ0n) is 14.0. The third-order valence-corrected chi connectivity index (χ3v) is 5.19. The van der Waals surface area contributed by atoms with Crippen molar-refractivity contribution in [3.05, 3.63) is 36.0 Å². The SMILES string of the molecule is CS(=O)(=O)Nc1ccc2c(ccc3onc(C4CCC(=O)CC4=O)c32)c1. The molecule has 1 aromatic heterocycles. The van der Waals surface area contributed by atoms with Gasteiger partial charge in [-0.3, -0.25) is 14.3 Å². The van der Waals surface area contributed by atoms with Gasteiger partial charge in [-0.1, -0.05) is 17.3 Å². The summed E-state index contributed by atoms with van der Waals surface area (Å²) in [7, 11) is -3.37. The average molecular weight is 372 g/mol. The highest BCUT2D eigenvalue weighted by molar-refractivity contribution is 7.92. The summed E-state index contributed by atoms with van der Waals surface area (Å²) in [6.45, 7) is 0. The molecule has 1 unspecified atom stereocenters. The topological polar surface area (TPSA) is 106 Å². The third kappa shape index (κ3) is 2.96. The van der Waals surface area contributed by atoms with Crippen molar-refractivity contribution in [2.45, 2.75) is 25.2 Å². The molecule has 2 aromatic carbocycles. The molecule has 0 saturated heterocycles. The lowest BCUT2D eigenvalue weighted by atomic mass is 9.83. The van der Waals surface area contributed by atoms with Crippen LogP contribution in [-0.2, 0) is 19.6 Å². The number of aromatic nitrogens is 1. The van der Waals surface area contributed by atoms with Gasteiger partial charge in [0, 0.05) is 12.1 Å². The number of ketones is 2. The van der Waals surface area contributed by atoms with Gasteiger partial charge in [0.2, 0.25) is 10.0 Å². The smallest absolute Gasteiger partial charge is 0.229 e. The molecule has 0 spiro atoms. The van der Waals surface area contributed by atoms with Gasteiger partial charge in [-0.15, -0.1) is 0 Å². The van der Waals surface area contributed by atoms with Crippen LogP contribution in [-0.4, -0.2) is 31.4 Å². The number of carbonyl (C=O) groups is 2. The standard InChI is InChI=1S/C18H16N2O5S/c1-26(23,24)20-11-3-5-13-10(8-11)2-7-16-17(13)18(19-25-16)14-6-4-12(21)9-15(14)22/h2-3,5,7-8,14,20H,4,6,9H2,1H3. The Bertz CT molecular complexity index is 1160. The van der Waals surface area contributed by atoms with Crippen LogP contribution < -0.4 is 4.72 Å². The largest absolute Gasteiger partial charge is 0.356 e. The predicted molar refractivity (Wildman–Crippen MR) is 96.6 cm³/mol. The number of carbonyl (C=O) groups excluding carboxylic acids is 2. The fourth-order valence-corrected chi connectivity index (χ4v) is 4.03. The molecule has 1 saturated carbocycles. The highest BCUT2D eigenvalue weighted by Crippen LogP contribution is 2.37. The van der Waals surface area contributed by atoms with Crippen molar-refractivity contribution in [2.24, 2.45) is 0 Å². The molecule has 1 fully saturated rings. The summed E-state index contributed by atoms with van der Waals surface area (Å²) in [5.41, 5.74) is 1.56. The highest BCUT2D eigenvalue weighted by Gasteiger charge is 2.32. The number of Topliss-reactive ketones (excluding diaryl/α,β-unsaturated/α-hetero) is 2. The fraction of sp³-hybridized carbons (Fsp3) is 0.278. The van der Waals surface area contributed by atoms with Crippen LogP contribution in [0.15, 0.2) is 34.9 Å². The number of benzene rings is 2. The van der Waals surface area contributed by atoms with Crippen LogP contribution in [0.25, 0.3) is 21.7 Å². The minimum atomic E-state index is -3.37. The lowest BCUT2D eigenvalue weighted by molar-refractivity contribution is -0.130. The van der Waals surface area contributed by atoms with Gasteiger partial charge in [-0.05, 0) is 35.4 Å². The molecule has 134 valence electrons. The Balaban J connectivity index is 1.85. The first-order valence-electron chi connectivity index (χ1n) is 8.16. The molecule has 0 bridgehead atoms. The number of hydrogen-bond acceptors (Lipinski definition) is 6. The summed E-state index contributed by atoms with van der Waals surface area (Å²) in [6.07, 6.45) is 1.82. The van der Waals surface area contributed by atoms with E-state index in [1.807, 2.05) is 6.07 Å². The van der Waals surface area contributed by atoms with Crippen molar-refractivity contribution in [1.82, 2.24) is 5.16 Å². The number of sulfonamides is 1. The van der Waals surface area contributed by atoms with E-state index in [-0.39, 0.29) is 18.0 Å². The zero-order chi connectivity index (χ0) is 18.5. The molecular weight excluding hydrogens is 356 g/mol. The fourth-order valence-electron chi connectivity index (χ4n) is 3.47. The predicted octanol–water partition coefficient (Wildman–Crippen LogP) is 2.76. The maximum Gasteiger partial charge on any atom is 0.229 e. The van der Waals surface area contributed by atoms with Crippen LogP contribution in [0.2, 0.25) is 0 Å². The van der Waals surface area contributed by atoms with Crippen molar-refractivity contribution < 1.29 is 22.5 Å². The molecule has 1 N–H and O–H groups in total. The summed E-state index contributed by atoms with van der Waals surface area (Å²) in [5.74, 6) is -0.627. The van der Waals surface area contributed by atoms with E-state index in [4.69, 9.17) is 4.52 Å². The summed E-state index contributed by atoms with van der Waals surface area (Å²) in [5, 5.41) is 6.47. The summed E-state index contributed by atoms with van der Waals surface area (Å²) in [6, 6.07) is 8.72. The molecule has 0 radical (unpaired) electrons. The summed E-state index contributed by atoms with van der Waals surface area (Å²) < 4.78 is 30.7. The summed E-state index contributed by atoms with van der Waals surface area (Å²) in [4.78, 5) is 23.8. The minimum Gasteiger partial charge on any atom is -0.356 e. The van der Waals surface area contributed by atoms with E-state index in [1.165, 1.54) is 0 Å². The van der Waals surface area contributed by atoms with E-state index >= 15 is 0 Å². The van der Waals surface area contributed by atoms with Crippen molar-refractivity contribution in [2.75, 3.05) is 11.0 Å². The summed E-state index contributed by atoms with van der Waals surface area (Å²) >= 11 is 0. The van der Waals surface area contributed by atoms with Crippen LogP contribution in [0.3, 0.4) is 0 Å². The van der Waals surface area contributed by atoms with Crippen LogP contribution in [0, 0.1) is 0 Å². The van der Waals surface area contributed by atoms with Crippen LogP contribution >= 0.6 is 0 Å². The zero-order valence-corrected chi connectivity index (χ0v) is 14.8. The second-order valence-electron chi connectivity index (χ2n) is 6.59. The maximum absolute atomic E-state index is 12.3. The normalized spacial score (nSPS) is 18.6. The highest BCUT2D eigenvalue weighted by atomic mass is 32.2. The van der Waals surface area contributed by atoms with Crippen molar-refractivity contribution in [1.29, 1.82) is 0 Å². The third-order valence-electron chi connectivity index (χ3n) is 4.59. The number of fused-ring (bicyclic) bond motifs is 3. The van der Waals surface area contributed by atoms with E-state index in [0.717, 1.165) is 22.4 Å². The average Bonchev–Trinajstić information content (AvgIpc) is 2.97. The molecular formula is C18H16N2O5S. The second kappa shape index (κ2) is 5.91. The molecule has 3 aromatic rings. The molecule has 4 rings (SSSR count). The number of anilines is 1. The van der Waals surface area contributed by atoms with Gasteiger partial charge in [0.05, 0.1) is 24.0 Å². The molecule has 1 aliphatic carbocycles. The van der Waals surface area contributed by atoms with E-state index in [0.29, 0.717) is 29.8 Å². The maximum atomic E-state index is 12.3. The van der Waals surface area contributed by atoms with E-state index in [2.05, 4.69) is 9.88 Å². The van der Waals surface area contributed by atoms with Crippen molar-refractivity contribution in [3.63, 3.8) is 0 Å². The van der Waals surface area contributed by atoms with Gasteiger partial charge in [0.15, 0.2) is 5.58 Å². The van der Waals surface area contributed by atoms with Crippen LogP contribution in [0.5, 0.6) is 0 Å². The van der Waals surface area contributed by atoms with Gasteiger partial charge in [0.25, 0.3) is 0 Å². The number of hydrogen-bond donors (Lipinski definition) is 1. The van der Waals surface area contributed by atoms with Crippen molar-refractivity contribution in [3.8, 4) is 0 Å². The monoisotopic (exact) mass is 372 g/mol. The quantitative estimate of drug-likeness (QED) is 0.709. The number of nitrogens with one attached hydrogen (secondary N) is 1. The second-order valence-corrected chi connectivity index (χ2v) is 8.34. The van der Waals surface area contributed by atoms with E-state index in [9.17, 15) is 18.0 Å². The van der Waals surface area contributed by atoms with E-state index < -0.39 is 15.9 Å². The molecule has 26 heavy (non-hydrogen) atoms. The Labute approximate surface area is 149 Å². The molecule has 1 heterocycles. The van der Waals surface area contributed by atoms with Gasteiger partial charge in [-0.25, -0.2) is 8.42 Å². The van der Waals surface area contributed by atoms with Crippen LogP contribution in [0.4, 0.5) is 5.69 Å². The Kier molecular flexibility index (Phi) is 3.80. The van der Waals surface area contributed by atoms with Gasteiger partial charge < -0.3 is 4.52 Å². The molecule has 8 heteroatoms. The molecule has 1 atom stereocenters. The first-order valence-corrected chi connectivity index (χ1v) is 10.1. The number of nitrogens with zero attached hydrogens (tertiary/aromatic N) is 1. The van der Waals surface area contributed by atoms with Gasteiger partial charge >= 0.3 is 0 Å². The Morgan fingerprint density at radius 2 is 2.00 bits per heavy atom. The first kappa shape index (κ1) is 16.7. The Hall–Kier alpha value is -2.74. The van der Waals surface area contributed by atoms with E-state index in [1.54, 1.807) is 24.3 Å².